The summed E-state index contributed by atoms with van der Waals surface area (Å²) in [5, 5.41) is 4.28. The Labute approximate surface area is 90.6 Å². The maximum Gasteiger partial charge on any atom is 0.0507 e. The minimum Gasteiger partial charge on any atom is -0.271 e. The number of nitrogens with two attached hydrogens (primary N) is 1. The van der Waals surface area contributed by atoms with Crippen molar-refractivity contribution in [3.63, 3.8) is 0 Å². The van der Waals surface area contributed by atoms with E-state index in [2.05, 4.69) is 32.1 Å². The van der Waals surface area contributed by atoms with Crippen molar-refractivity contribution in [2.24, 2.45) is 11.8 Å². The summed E-state index contributed by atoms with van der Waals surface area (Å²) in [5.41, 5.74) is 4.24. The minimum atomic E-state index is 0.342. The van der Waals surface area contributed by atoms with E-state index >= 15 is 0 Å². The van der Waals surface area contributed by atoms with Gasteiger partial charge in [-0.2, -0.15) is 11.3 Å². The summed E-state index contributed by atoms with van der Waals surface area (Å²) in [7, 11) is 0. The standard InChI is InChI=1S/C9H13BrN2S/c10-8-5-13-4-7(8)9(12-11)6-2-1-3-6/h4-6,9,12H,1-3,11H2. The molecule has 1 atom stereocenters. The van der Waals surface area contributed by atoms with Gasteiger partial charge >= 0.3 is 0 Å². The van der Waals surface area contributed by atoms with E-state index in [-0.39, 0.29) is 0 Å². The fourth-order valence-electron chi connectivity index (χ4n) is 1.77. The van der Waals surface area contributed by atoms with Crippen LogP contribution in [0.4, 0.5) is 0 Å². The van der Waals surface area contributed by atoms with Crippen molar-refractivity contribution in [2.45, 2.75) is 25.3 Å². The molecule has 1 aromatic rings. The molecule has 1 saturated carbocycles. The molecule has 72 valence electrons. The van der Waals surface area contributed by atoms with E-state index in [9.17, 15) is 0 Å². The van der Waals surface area contributed by atoms with Gasteiger partial charge in [-0.1, -0.05) is 6.42 Å². The lowest BCUT2D eigenvalue weighted by molar-refractivity contribution is 0.232. The summed E-state index contributed by atoms with van der Waals surface area (Å²) in [5.74, 6) is 6.31. The molecular weight excluding hydrogens is 248 g/mol. The summed E-state index contributed by atoms with van der Waals surface area (Å²) in [6.07, 6.45) is 3.96. The third kappa shape index (κ3) is 1.81. The van der Waals surface area contributed by atoms with Crippen LogP contribution in [0.25, 0.3) is 0 Å². The van der Waals surface area contributed by atoms with Crippen LogP contribution in [0.15, 0.2) is 15.2 Å². The highest BCUT2D eigenvalue weighted by Gasteiger charge is 2.29. The molecule has 0 aliphatic heterocycles. The van der Waals surface area contributed by atoms with E-state index in [1.807, 2.05) is 0 Å². The topological polar surface area (TPSA) is 38.0 Å². The van der Waals surface area contributed by atoms with Gasteiger partial charge in [-0.25, -0.2) is 0 Å². The molecule has 0 bridgehead atoms. The summed E-state index contributed by atoms with van der Waals surface area (Å²) < 4.78 is 1.19. The molecule has 0 radical (unpaired) electrons. The Morgan fingerprint density at radius 2 is 2.31 bits per heavy atom. The van der Waals surface area contributed by atoms with E-state index < -0.39 is 0 Å². The molecule has 13 heavy (non-hydrogen) atoms. The Morgan fingerprint density at radius 3 is 2.69 bits per heavy atom. The van der Waals surface area contributed by atoms with Gasteiger partial charge in [-0.3, -0.25) is 11.3 Å². The van der Waals surface area contributed by atoms with Gasteiger partial charge in [0.25, 0.3) is 0 Å². The SMILES string of the molecule is NNC(c1cscc1Br)C1CCC1. The lowest BCUT2D eigenvalue weighted by Gasteiger charge is -2.33. The molecule has 3 N–H and O–H groups in total. The van der Waals surface area contributed by atoms with Gasteiger partial charge in [-0.15, -0.1) is 0 Å². The van der Waals surface area contributed by atoms with E-state index in [1.165, 1.54) is 29.3 Å². The molecule has 2 rings (SSSR count). The molecule has 1 aliphatic rings. The molecule has 0 spiro atoms. The predicted octanol–water partition coefficient (Wildman–Crippen LogP) is 2.82. The average molecular weight is 261 g/mol. The van der Waals surface area contributed by atoms with Crippen molar-refractivity contribution in [2.75, 3.05) is 0 Å². The number of rotatable bonds is 3. The Hall–Kier alpha value is 0.100. The van der Waals surface area contributed by atoms with Crippen molar-refractivity contribution >= 4 is 27.3 Å². The second kappa shape index (κ2) is 4.09. The molecule has 2 nitrogen and oxygen atoms in total. The summed E-state index contributed by atoms with van der Waals surface area (Å²) in [6.45, 7) is 0. The first-order valence-corrected chi connectivity index (χ1v) is 6.24. The zero-order valence-electron chi connectivity index (χ0n) is 7.29. The first kappa shape index (κ1) is 9.65. The molecule has 4 heteroatoms. The smallest absolute Gasteiger partial charge is 0.0507 e. The molecule has 1 heterocycles. The molecule has 1 unspecified atom stereocenters. The Balaban J connectivity index is 2.16. The van der Waals surface area contributed by atoms with E-state index in [1.54, 1.807) is 11.3 Å². The number of halogens is 1. The number of thiophene rings is 1. The minimum absolute atomic E-state index is 0.342. The molecule has 0 saturated heterocycles. The van der Waals surface area contributed by atoms with Crippen LogP contribution in [0.5, 0.6) is 0 Å². The maximum atomic E-state index is 5.58. The normalized spacial score (nSPS) is 19.8. The van der Waals surface area contributed by atoms with Crippen molar-refractivity contribution in [3.8, 4) is 0 Å². The van der Waals surface area contributed by atoms with Crippen molar-refractivity contribution in [3.05, 3.63) is 20.8 Å². The highest BCUT2D eigenvalue weighted by Crippen LogP contribution is 2.40. The molecule has 1 aromatic heterocycles. The third-order valence-electron chi connectivity index (χ3n) is 2.78. The van der Waals surface area contributed by atoms with Crippen LogP contribution in [0, 0.1) is 5.92 Å². The molecular formula is C9H13BrN2S. The summed E-state index contributed by atoms with van der Waals surface area (Å²) in [6, 6.07) is 0.342. The monoisotopic (exact) mass is 260 g/mol. The van der Waals surface area contributed by atoms with Gasteiger partial charge < -0.3 is 0 Å². The van der Waals surface area contributed by atoms with Crippen LogP contribution in [-0.4, -0.2) is 0 Å². The van der Waals surface area contributed by atoms with Crippen molar-refractivity contribution < 1.29 is 0 Å². The van der Waals surface area contributed by atoms with Gasteiger partial charge in [0.2, 0.25) is 0 Å². The lowest BCUT2D eigenvalue weighted by atomic mass is 9.78. The average Bonchev–Trinajstić information content (AvgIpc) is 2.43. The fraction of sp³-hybridized carbons (Fsp3) is 0.556. The van der Waals surface area contributed by atoms with Crippen LogP contribution in [-0.2, 0) is 0 Å². The number of hydrogen-bond acceptors (Lipinski definition) is 3. The molecule has 0 amide bonds. The second-order valence-corrected chi connectivity index (χ2v) is 5.11. The van der Waals surface area contributed by atoms with Crippen molar-refractivity contribution in [1.29, 1.82) is 0 Å². The Kier molecular flexibility index (Phi) is 3.03. The van der Waals surface area contributed by atoms with Gasteiger partial charge in [0.1, 0.15) is 0 Å². The van der Waals surface area contributed by atoms with Gasteiger partial charge in [-0.05, 0) is 45.6 Å². The second-order valence-electron chi connectivity index (χ2n) is 3.51. The third-order valence-corrected chi connectivity index (χ3v) is 4.53. The zero-order valence-corrected chi connectivity index (χ0v) is 9.70. The van der Waals surface area contributed by atoms with E-state index in [0.717, 1.165) is 5.92 Å². The van der Waals surface area contributed by atoms with E-state index in [0.29, 0.717) is 6.04 Å². The van der Waals surface area contributed by atoms with Crippen LogP contribution in [0.2, 0.25) is 0 Å². The Morgan fingerprint density at radius 1 is 1.54 bits per heavy atom. The highest BCUT2D eigenvalue weighted by molar-refractivity contribution is 9.10. The van der Waals surface area contributed by atoms with Crippen LogP contribution < -0.4 is 11.3 Å². The largest absolute Gasteiger partial charge is 0.271 e. The number of hydrogen-bond donors (Lipinski definition) is 2. The zero-order chi connectivity index (χ0) is 9.26. The van der Waals surface area contributed by atoms with Crippen LogP contribution in [0.3, 0.4) is 0 Å². The molecule has 0 aromatic carbocycles. The highest BCUT2D eigenvalue weighted by atomic mass is 79.9. The first-order valence-electron chi connectivity index (χ1n) is 4.50. The summed E-state index contributed by atoms with van der Waals surface area (Å²) >= 11 is 5.26. The van der Waals surface area contributed by atoms with Crippen LogP contribution in [0.1, 0.15) is 30.9 Å². The molecule has 1 aliphatic carbocycles. The molecule has 1 fully saturated rings. The Bertz CT molecular complexity index is 283. The summed E-state index contributed by atoms with van der Waals surface area (Å²) in [4.78, 5) is 0. The van der Waals surface area contributed by atoms with Gasteiger partial charge in [0.15, 0.2) is 0 Å². The fourth-order valence-corrected chi connectivity index (χ4v) is 3.35. The van der Waals surface area contributed by atoms with Crippen LogP contribution >= 0.6 is 27.3 Å². The maximum absolute atomic E-state index is 5.58. The number of hydrazine groups is 1. The lowest BCUT2D eigenvalue weighted by Crippen LogP contribution is -2.36. The van der Waals surface area contributed by atoms with Gasteiger partial charge in [0.05, 0.1) is 6.04 Å². The number of nitrogens with one attached hydrogen (secondary N) is 1. The van der Waals surface area contributed by atoms with Gasteiger partial charge in [0, 0.05) is 9.85 Å². The van der Waals surface area contributed by atoms with Crippen molar-refractivity contribution in [1.82, 2.24) is 5.43 Å². The quantitative estimate of drug-likeness (QED) is 0.648. The first-order chi connectivity index (χ1) is 6.33. The van der Waals surface area contributed by atoms with E-state index in [4.69, 9.17) is 5.84 Å². The predicted molar refractivity (Wildman–Crippen MR) is 59.4 cm³/mol.